The van der Waals surface area contributed by atoms with E-state index in [0.717, 1.165) is 6.42 Å². The van der Waals surface area contributed by atoms with Crippen LogP contribution in [0.5, 0.6) is 0 Å². The maximum absolute atomic E-state index is 14.1. The highest BCUT2D eigenvalue weighted by Crippen LogP contribution is 2.42. The summed E-state index contributed by atoms with van der Waals surface area (Å²) >= 11 is 5.64. The number of hydrogen-bond donors (Lipinski definition) is 7. The average Bonchev–Trinajstić information content (AvgIpc) is 3.84. The molecule has 2 atom stereocenters. The van der Waals surface area contributed by atoms with Gasteiger partial charge in [-0.2, -0.15) is 0 Å². The highest BCUT2D eigenvalue weighted by atomic mass is 35.5. The van der Waals surface area contributed by atoms with Crippen LogP contribution in [0, 0.1) is 0 Å². The molecule has 67 heavy (non-hydrogen) atoms. The second-order valence-electron chi connectivity index (χ2n) is 16.6. The third-order valence-corrected chi connectivity index (χ3v) is 11.6. The molecule has 0 aliphatic rings. The number of ether oxygens (including phenoxy) is 5. The molecule has 4 aromatic rings. The number of aromatic nitrogens is 8. The number of esters is 3. The van der Waals surface area contributed by atoms with E-state index < -0.39 is 61.5 Å². The van der Waals surface area contributed by atoms with Gasteiger partial charge in [0, 0.05) is 0 Å². The lowest BCUT2D eigenvalue weighted by Crippen LogP contribution is -2.54. The number of halogens is 1. The van der Waals surface area contributed by atoms with Crippen LogP contribution < -0.4 is 27.8 Å². The summed E-state index contributed by atoms with van der Waals surface area (Å²) in [5.74, 6) is -0.941. The van der Waals surface area contributed by atoms with E-state index in [-0.39, 0.29) is 43.3 Å². The van der Waals surface area contributed by atoms with E-state index in [1.54, 1.807) is 70.9 Å². The first-order chi connectivity index (χ1) is 30.6. The van der Waals surface area contributed by atoms with Crippen LogP contribution in [0.2, 0.25) is 0 Å². The number of carbonyl (C=O) groups is 3. The highest BCUT2D eigenvalue weighted by Gasteiger charge is 2.43. The van der Waals surface area contributed by atoms with Crippen LogP contribution in [-0.2, 0) is 60.3 Å². The van der Waals surface area contributed by atoms with Crippen molar-refractivity contribution in [3.05, 3.63) is 25.3 Å². The van der Waals surface area contributed by atoms with Crippen molar-refractivity contribution in [2.24, 2.45) is 0 Å². The average molecular weight is 1010 g/mol. The Labute approximate surface area is 395 Å². The fraction of sp³-hybridized carbons (Fsp3) is 0.667. The molecule has 0 radical (unpaired) electrons. The quantitative estimate of drug-likeness (QED) is 0.0229. The Balaban J connectivity index is 0.000000617. The molecule has 0 amide bonds. The third kappa shape index (κ3) is 20.4. The Morgan fingerprint density at radius 2 is 1.03 bits per heavy atom. The number of fused-ring (bicyclic) bond motifs is 2. The standard InChI is InChI=1S/C23H40N7O6P.C9H14N5O4P.C7H13ClO2.H3N/c1-8-10-34-20(31)22(4,5)28-37(33,29-23(6,7)21(32)35-11-9-2)15-36-16(3)12-30-14-27-17-18(24)25-13-26-19(17)30;1-6(18-5-19(15,16)17)2-14-4-13-7-8(10)11-3-12-9(7)14;1-4-5-10-6(9)7(2,3)8;/h13-14,16H,8-12,15H2,1-7H3,(H2,24,25,26)(H2,28,29,33);3-4,6H,2,5H2,1H3,(H2,10,11,12)(H2,15,16,17);4-5H2,1-3H3;1H3/t16-;6-;;/m11../s1. The second-order valence-corrected chi connectivity index (χ2v) is 21.3. The molecule has 0 aliphatic heterocycles. The van der Waals surface area contributed by atoms with Gasteiger partial charge in [-0.1, -0.05) is 20.8 Å². The number of anilines is 2. The maximum atomic E-state index is 14.1. The van der Waals surface area contributed by atoms with Gasteiger partial charge >= 0.3 is 25.5 Å². The molecule has 0 saturated carbocycles. The maximum Gasteiger partial charge on any atom is 0.350 e. The normalized spacial score (nSPS) is 13.0. The first kappa shape index (κ1) is 60.6. The van der Waals surface area contributed by atoms with Crippen molar-refractivity contribution in [1.29, 1.82) is 0 Å². The molecular formula is C39H70ClN13O12P2. The number of nitrogens with zero attached hydrogens (tertiary/aromatic N) is 8. The Kier molecular flexibility index (Phi) is 24.4. The predicted molar refractivity (Wildman–Crippen MR) is 253 cm³/mol. The van der Waals surface area contributed by atoms with E-state index in [1.165, 1.54) is 19.0 Å². The minimum Gasteiger partial charge on any atom is -0.464 e. The van der Waals surface area contributed by atoms with E-state index >= 15 is 0 Å². The number of alkyl halides is 1. The number of imidazole rings is 2. The van der Waals surface area contributed by atoms with Gasteiger partial charge in [-0.25, -0.2) is 40.1 Å². The smallest absolute Gasteiger partial charge is 0.350 e. The van der Waals surface area contributed by atoms with Crippen LogP contribution >= 0.6 is 26.6 Å². The van der Waals surface area contributed by atoms with E-state index in [2.05, 4.69) is 40.1 Å². The lowest BCUT2D eigenvalue weighted by atomic mass is 10.1. The van der Waals surface area contributed by atoms with E-state index in [1.807, 2.05) is 20.8 Å². The Bertz CT molecular complexity index is 2250. The van der Waals surface area contributed by atoms with Crippen molar-refractivity contribution in [3.8, 4) is 0 Å². The van der Waals surface area contributed by atoms with Crippen molar-refractivity contribution in [2.75, 3.05) is 44.0 Å². The van der Waals surface area contributed by atoms with Crippen LogP contribution in [0.1, 0.15) is 95.4 Å². The number of nitrogens with two attached hydrogens (primary N) is 2. The minimum absolute atomic E-state index is 0. The van der Waals surface area contributed by atoms with E-state index in [0.29, 0.717) is 54.9 Å². The molecule has 380 valence electrons. The largest absolute Gasteiger partial charge is 0.464 e. The fourth-order valence-corrected chi connectivity index (χ4v) is 8.53. The fourth-order valence-electron chi connectivity index (χ4n) is 5.38. The Hall–Kier alpha value is -4.42. The van der Waals surface area contributed by atoms with E-state index in [4.69, 9.17) is 56.5 Å². The van der Waals surface area contributed by atoms with Gasteiger partial charge in [0.2, 0.25) is 7.44 Å². The summed E-state index contributed by atoms with van der Waals surface area (Å²) < 4.78 is 54.6. The molecule has 0 saturated heterocycles. The summed E-state index contributed by atoms with van der Waals surface area (Å²) in [6.07, 6.45) is 6.13. The summed E-state index contributed by atoms with van der Waals surface area (Å²) in [5.41, 5.74) is 10.9. The number of nitrogens with one attached hydrogen (secondary N) is 2. The van der Waals surface area contributed by atoms with Crippen LogP contribution in [0.25, 0.3) is 22.3 Å². The molecule has 0 aliphatic carbocycles. The molecule has 25 nitrogen and oxygen atoms in total. The highest BCUT2D eigenvalue weighted by molar-refractivity contribution is 7.59. The lowest BCUT2D eigenvalue weighted by molar-refractivity contribution is -0.149. The van der Waals surface area contributed by atoms with Crippen molar-refractivity contribution in [3.63, 3.8) is 0 Å². The summed E-state index contributed by atoms with van der Waals surface area (Å²) in [4.78, 5) is 77.1. The van der Waals surface area contributed by atoms with Crippen molar-refractivity contribution < 1.29 is 57.0 Å². The lowest BCUT2D eigenvalue weighted by Gasteiger charge is -2.35. The van der Waals surface area contributed by atoms with Gasteiger partial charge in [-0.15, -0.1) is 11.6 Å². The summed E-state index contributed by atoms with van der Waals surface area (Å²) in [6.45, 7) is 20.3. The third-order valence-electron chi connectivity index (χ3n) is 8.57. The van der Waals surface area contributed by atoms with Gasteiger partial charge in [0.25, 0.3) is 0 Å². The zero-order valence-electron chi connectivity index (χ0n) is 40.2. The van der Waals surface area contributed by atoms with Crippen molar-refractivity contribution >= 4 is 78.5 Å². The number of nitrogen functional groups attached to an aromatic ring is 2. The molecule has 4 rings (SSSR count). The van der Waals surface area contributed by atoms with Crippen LogP contribution in [0.4, 0.5) is 11.6 Å². The molecule has 0 bridgehead atoms. The van der Waals surface area contributed by atoms with Gasteiger partial charge in [-0.3, -0.25) is 23.5 Å². The molecule has 0 unspecified atom stereocenters. The zero-order valence-corrected chi connectivity index (χ0v) is 42.8. The molecule has 0 spiro atoms. The van der Waals surface area contributed by atoms with Crippen molar-refractivity contribution in [1.82, 2.24) is 55.4 Å². The van der Waals surface area contributed by atoms with Gasteiger partial charge in [0.05, 0.1) is 57.8 Å². The first-order valence-corrected chi connectivity index (χ1v) is 25.1. The summed E-state index contributed by atoms with van der Waals surface area (Å²) in [6, 6.07) is 0. The van der Waals surface area contributed by atoms with Gasteiger partial charge in [0.1, 0.15) is 52.3 Å². The Morgan fingerprint density at radius 3 is 1.37 bits per heavy atom. The van der Waals surface area contributed by atoms with Gasteiger partial charge in [-0.05, 0) is 74.7 Å². The van der Waals surface area contributed by atoms with Crippen molar-refractivity contribution in [2.45, 2.75) is 137 Å². The summed E-state index contributed by atoms with van der Waals surface area (Å²) in [5, 5.41) is 5.76. The Morgan fingerprint density at radius 1 is 0.672 bits per heavy atom. The SMILES string of the molecule is CCCOC(=O)C(C)(C)Cl.CCCOC(=O)C(C)(C)NP(=O)(CO[C@H](C)Cn1cnc2c(N)ncnc21)NC(C)(C)C(=O)OCCC.C[C@H](Cn1cnc2c(N)ncnc21)OCP(=O)(O)O.N. The topological polar surface area (TPSA) is 370 Å². The molecule has 4 heterocycles. The van der Waals surface area contributed by atoms with Gasteiger partial charge < -0.3 is 60.2 Å². The molecule has 0 fully saturated rings. The van der Waals surface area contributed by atoms with Crippen LogP contribution in [-0.4, -0.2) is 127 Å². The summed E-state index contributed by atoms with van der Waals surface area (Å²) in [7, 11) is -7.89. The molecule has 11 N–H and O–H groups in total. The predicted octanol–water partition coefficient (Wildman–Crippen LogP) is 4.67. The minimum atomic E-state index is -4.16. The molecular weight excluding hydrogens is 940 g/mol. The number of carbonyl (C=O) groups excluding carboxylic acids is 3. The monoisotopic (exact) mass is 1010 g/mol. The van der Waals surface area contributed by atoms with E-state index in [9.17, 15) is 23.5 Å². The molecule has 0 aromatic carbocycles. The zero-order chi connectivity index (χ0) is 50.1. The van der Waals surface area contributed by atoms with Crippen LogP contribution in [0.15, 0.2) is 25.3 Å². The van der Waals surface area contributed by atoms with Gasteiger partial charge in [0.15, 0.2) is 22.9 Å². The number of hydrogen-bond acceptors (Lipinski definition) is 19. The molecule has 4 aromatic heterocycles. The number of rotatable bonds is 23. The second kappa shape index (κ2) is 26.9. The first-order valence-electron chi connectivity index (χ1n) is 21.1. The van der Waals surface area contributed by atoms with Crippen LogP contribution in [0.3, 0.4) is 0 Å². The molecule has 28 heteroatoms.